The Morgan fingerprint density at radius 2 is 1.96 bits per heavy atom. The largest absolute Gasteiger partial charge is 0.447 e. The van der Waals surface area contributed by atoms with E-state index in [1.807, 2.05) is 12.1 Å². The first kappa shape index (κ1) is 19.7. The molecule has 1 fully saturated rings. The Morgan fingerprint density at radius 3 is 2.60 bits per heavy atom. The predicted octanol–water partition coefficient (Wildman–Crippen LogP) is 3.14. The number of ether oxygens (including phenoxy) is 2. The van der Waals surface area contributed by atoms with Crippen LogP contribution in [0.25, 0.3) is 0 Å². The van der Waals surface area contributed by atoms with Crippen molar-refractivity contribution in [2.75, 3.05) is 40.0 Å². The summed E-state index contributed by atoms with van der Waals surface area (Å²) >= 11 is 0. The Bertz CT molecular complexity index is 536. The van der Waals surface area contributed by atoms with Crippen LogP contribution in [0.5, 0.6) is 0 Å². The molecule has 0 aliphatic carbocycles. The molecule has 1 atom stereocenters. The van der Waals surface area contributed by atoms with E-state index in [0.717, 1.165) is 25.1 Å². The highest BCUT2D eigenvalue weighted by molar-refractivity contribution is 5.67. The molecule has 0 radical (unpaired) electrons. The fourth-order valence-corrected chi connectivity index (χ4v) is 3.19. The summed E-state index contributed by atoms with van der Waals surface area (Å²) in [4.78, 5) is 16.5. The van der Waals surface area contributed by atoms with Gasteiger partial charge in [-0.25, -0.2) is 9.18 Å². The maximum absolute atomic E-state index is 13.1. The quantitative estimate of drug-likeness (QED) is 0.738. The molecule has 25 heavy (non-hydrogen) atoms. The van der Waals surface area contributed by atoms with Crippen LogP contribution >= 0.6 is 0 Å². The number of nitrogens with zero attached hydrogens (tertiary/aromatic N) is 2. The van der Waals surface area contributed by atoms with Crippen LogP contribution in [0.3, 0.4) is 0 Å². The molecule has 1 saturated heterocycles. The molecular weight excluding hydrogens is 323 g/mol. The monoisotopic (exact) mass is 352 g/mol. The zero-order valence-corrected chi connectivity index (χ0v) is 15.4. The Labute approximate surface area is 149 Å². The van der Waals surface area contributed by atoms with E-state index in [1.165, 1.54) is 12.1 Å². The highest BCUT2D eigenvalue weighted by Crippen LogP contribution is 2.20. The van der Waals surface area contributed by atoms with Crippen LogP contribution in [0.15, 0.2) is 24.3 Å². The second kappa shape index (κ2) is 9.73. The van der Waals surface area contributed by atoms with Crippen molar-refractivity contribution < 1.29 is 18.7 Å². The third kappa shape index (κ3) is 5.97. The molecular formula is C19H29FN2O3. The number of amides is 1. The molecule has 0 unspecified atom stereocenters. The van der Waals surface area contributed by atoms with Gasteiger partial charge in [0.2, 0.25) is 0 Å². The molecule has 0 saturated carbocycles. The lowest BCUT2D eigenvalue weighted by atomic mass is 10.0. The number of carbonyl (C=O) groups excluding carboxylic acids is 1. The molecule has 1 aromatic carbocycles. The highest BCUT2D eigenvalue weighted by Gasteiger charge is 2.30. The summed E-state index contributed by atoms with van der Waals surface area (Å²) in [6.07, 6.45) is 0.621. The normalized spacial score (nSPS) is 19.1. The summed E-state index contributed by atoms with van der Waals surface area (Å²) in [5.74, 6) is 0.179. The van der Waals surface area contributed by atoms with Gasteiger partial charge in [0, 0.05) is 39.3 Å². The van der Waals surface area contributed by atoms with Crippen molar-refractivity contribution in [3.63, 3.8) is 0 Å². The van der Waals surface area contributed by atoms with Gasteiger partial charge in [-0.05, 0) is 30.0 Å². The average molecular weight is 352 g/mol. The summed E-state index contributed by atoms with van der Waals surface area (Å²) in [5.41, 5.74) is 1.09. The Balaban J connectivity index is 2.01. The summed E-state index contributed by atoms with van der Waals surface area (Å²) in [6.45, 7) is 8.02. The van der Waals surface area contributed by atoms with Crippen LogP contribution < -0.4 is 0 Å². The van der Waals surface area contributed by atoms with E-state index in [1.54, 1.807) is 12.0 Å². The zero-order valence-electron chi connectivity index (χ0n) is 15.4. The number of hydrogen-bond donors (Lipinski definition) is 0. The van der Waals surface area contributed by atoms with Crippen molar-refractivity contribution in [2.45, 2.75) is 32.9 Å². The molecule has 2 rings (SSSR count). The van der Waals surface area contributed by atoms with E-state index in [-0.39, 0.29) is 24.6 Å². The number of rotatable bonds is 6. The van der Waals surface area contributed by atoms with E-state index in [4.69, 9.17) is 9.47 Å². The average Bonchev–Trinajstić information content (AvgIpc) is 2.80. The summed E-state index contributed by atoms with van der Waals surface area (Å²) < 4.78 is 23.3. The van der Waals surface area contributed by atoms with Crippen LogP contribution in [0.1, 0.15) is 25.8 Å². The first-order valence-electron chi connectivity index (χ1n) is 8.90. The minimum absolute atomic E-state index is 0.218. The first-order valence-corrected chi connectivity index (χ1v) is 8.90. The number of carbonyl (C=O) groups is 1. The molecule has 1 heterocycles. The zero-order chi connectivity index (χ0) is 18.2. The van der Waals surface area contributed by atoms with Crippen molar-refractivity contribution >= 4 is 6.09 Å². The Morgan fingerprint density at radius 1 is 1.24 bits per heavy atom. The van der Waals surface area contributed by atoms with Gasteiger partial charge in [0.15, 0.2) is 0 Å². The third-order valence-corrected chi connectivity index (χ3v) is 4.59. The molecule has 0 bridgehead atoms. The van der Waals surface area contributed by atoms with Gasteiger partial charge in [-0.15, -0.1) is 0 Å². The van der Waals surface area contributed by atoms with Gasteiger partial charge in [0.1, 0.15) is 12.4 Å². The van der Waals surface area contributed by atoms with Gasteiger partial charge >= 0.3 is 6.09 Å². The molecule has 5 nitrogen and oxygen atoms in total. The first-order chi connectivity index (χ1) is 12.0. The minimum Gasteiger partial charge on any atom is -0.447 e. The van der Waals surface area contributed by atoms with E-state index in [0.29, 0.717) is 25.6 Å². The van der Waals surface area contributed by atoms with Crippen molar-refractivity contribution in [3.8, 4) is 0 Å². The fourth-order valence-electron chi connectivity index (χ4n) is 3.19. The van der Waals surface area contributed by atoms with Gasteiger partial charge < -0.3 is 14.4 Å². The van der Waals surface area contributed by atoms with E-state index < -0.39 is 0 Å². The predicted molar refractivity (Wildman–Crippen MR) is 94.9 cm³/mol. The van der Waals surface area contributed by atoms with Crippen LogP contribution in [0.4, 0.5) is 9.18 Å². The molecule has 0 aromatic heterocycles. The van der Waals surface area contributed by atoms with Crippen molar-refractivity contribution in [1.29, 1.82) is 0 Å². The van der Waals surface area contributed by atoms with Crippen LogP contribution in [0, 0.1) is 11.7 Å². The minimum atomic E-state index is -0.272. The molecule has 1 amide bonds. The van der Waals surface area contributed by atoms with Crippen LogP contribution in [-0.2, 0) is 16.0 Å². The molecule has 6 heteroatoms. The van der Waals surface area contributed by atoms with Crippen molar-refractivity contribution in [1.82, 2.24) is 9.80 Å². The molecule has 1 aliphatic rings. The fraction of sp³-hybridized carbons (Fsp3) is 0.632. The summed E-state index contributed by atoms with van der Waals surface area (Å²) in [5, 5.41) is 0. The number of methoxy groups -OCH3 is 1. The lowest BCUT2D eigenvalue weighted by Crippen LogP contribution is -2.45. The van der Waals surface area contributed by atoms with Gasteiger partial charge in [0.25, 0.3) is 0 Å². The Hall–Kier alpha value is -1.66. The lowest BCUT2D eigenvalue weighted by molar-refractivity contribution is 0.0648. The number of hydrogen-bond acceptors (Lipinski definition) is 4. The van der Waals surface area contributed by atoms with Gasteiger partial charge in [-0.1, -0.05) is 26.0 Å². The maximum Gasteiger partial charge on any atom is 0.409 e. The molecule has 0 N–H and O–H groups in total. The standard InChI is InChI=1S/C19H29FN2O3/c1-15(2)18-14-22(19(23)25-12-11-24-3)10-4-9-21(18)13-16-5-7-17(20)8-6-16/h5-8,15,18H,4,9-14H2,1-3H3/t18-/m1/s1. The second-order valence-electron chi connectivity index (χ2n) is 6.82. The van der Waals surface area contributed by atoms with Gasteiger partial charge in [-0.3, -0.25) is 4.90 Å². The van der Waals surface area contributed by atoms with Gasteiger partial charge in [-0.2, -0.15) is 0 Å². The third-order valence-electron chi connectivity index (χ3n) is 4.59. The van der Waals surface area contributed by atoms with E-state index in [9.17, 15) is 9.18 Å². The summed E-state index contributed by atoms with van der Waals surface area (Å²) in [7, 11) is 1.59. The molecule has 1 aromatic rings. The SMILES string of the molecule is COCCOC(=O)N1CCCN(Cc2ccc(F)cc2)[C@@H](C(C)C)C1. The lowest BCUT2D eigenvalue weighted by Gasteiger charge is -2.34. The molecule has 0 spiro atoms. The smallest absolute Gasteiger partial charge is 0.409 e. The van der Waals surface area contributed by atoms with E-state index in [2.05, 4.69) is 18.7 Å². The highest BCUT2D eigenvalue weighted by atomic mass is 19.1. The van der Waals surface area contributed by atoms with Crippen LogP contribution in [-0.4, -0.2) is 61.9 Å². The molecule has 1 aliphatic heterocycles. The number of halogens is 1. The summed E-state index contributed by atoms with van der Waals surface area (Å²) in [6, 6.07) is 6.89. The Kier molecular flexibility index (Phi) is 7.65. The van der Waals surface area contributed by atoms with E-state index >= 15 is 0 Å². The topological polar surface area (TPSA) is 42.0 Å². The van der Waals surface area contributed by atoms with Crippen molar-refractivity contribution in [2.24, 2.45) is 5.92 Å². The maximum atomic E-state index is 13.1. The van der Waals surface area contributed by atoms with Crippen LogP contribution in [0.2, 0.25) is 0 Å². The van der Waals surface area contributed by atoms with Gasteiger partial charge in [0.05, 0.1) is 6.61 Å². The molecule has 140 valence electrons. The second-order valence-corrected chi connectivity index (χ2v) is 6.82. The number of benzene rings is 1. The van der Waals surface area contributed by atoms with Crippen molar-refractivity contribution in [3.05, 3.63) is 35.6 Å².